The van der Waals surface area contributed by atoms with E-state index < -0.39 is 0 Å². The fourth-order valence-corrected chi connectivity index (χ4v) is 4.05. The minimum Gasteiger partial charge on any atom is -0.340 e. The minimum atomic E-state index is 0.376. The van der Waals surface area contributed by atoms with Crippen LogP contribution < -0.4 is 0 Å². The van der Waals surface area contributed by atoms with E-state index in [9.17, 15) is 4.79 Å². The third kappa shape index (κ3) is 3.59. The van der Waals surface area contributed by atoms with Gasteiger partial charge in [-0.2, -0.15) is 0 Å². The average Bonchev–Trinajstić information content (AvgIpc) is 2.86. The zero-order chi connectivity index (χ0) is 13.7. The first-order valence-corrected chi connectivity index (χ1v) is 8.40. The molecular weight excluding hydrogens is 254 g/mol. The van der Waals surface area contributed by atoms with E-state index in [1.165, 1.54) is 30.6 Å². The van der Waals surface area contributed by atoms with Crippen molar-refractivity contribution in [2.75, 3.05) is 0 Å². The summed E-state index contributed by atoms with van der Waals surface area (Å²) in [6.45, 7) is 4.32. The fraction of sp³-hybridized carbons (Fsp3) is 0.688. The van der Waals surface area contributed by atoms with Gasteiger partial charge in [-0.25, -0.2) is 0 Å². The topological polar surface area (TPSA) is 20.3 Å². The highest BCUT2D eigenvalue weighted by molar-refractivity contribution is 7.10. The molecule has 1 aliphatic carbocycles. The van der Waals surface area contributed by atoms with E-state index in [2.05, 4.69) is 36.3 Å². The van der Waals surface area contributed by atoms with Gasteiger partial charge in [0.25, 0.3) is 0 Å². The van der Waals surface area contributed by atoms with Crippen LogP contribution in [0.3, 0.4) is 0 Å². The molecule has 1 heterocycles. The van der Waals surface area contributed by atoms with Crippen LogP contribution in [0.5, 0.6) is 0 Å². The maximum absolute atomic E-state index is 11.4. The highest BCUT2D eigenvalue weighted by Crippen LogP contribution is 2.35. The van der Waals surface area contributed by atoms with Crippen molar-refractivity contribution in [3.05, 3.63) is 22.4 Å². The Hall–Kier alpha value is -0.830. The van der Waals surface area contributed by atoms with Crippen LogP contribution in [0.25, 0.3) is 0 Å². The van der Waals surface area contributed by atoms with Gasteiger partial charge in [-0.3, -0.25) is 4.79 Å². The molecule has 3 atom stereocenters. The molecule has 2 rings (SSSR count). The predicted octanol–water partition coefficient (Wildman–Crippen LogP) is 4.42. The summed E-state index contributed by atoms with van der Waals surface area (Å²) in [7, 11) is 0. The zero-order valence-electron chi connectivity index (χ0n) is 12.0. The largest absolute Gasteiger partial charge is 0.340 e. The first kappa shape index (κ1) is 14.6. The predicted molar refractivity (Wildman–Crippen MR) is 81.6 cm³/mol. The number of amides is 1. The van der Waals surface area contributed by atoms with Crippen molar-refractivity contribution in [2.45, 2.75) is 70.4 Å². The van der Waals surface area contributed by atoms with Crippen LogP contribution in [0.4, 0.5) is 0 Å². The Balaban J connectivity index is 1.97. The Kier molecular flexibility index (Phi) is 5.44. The number of carbonyl (C=O) groups is 1. The molecule has 0 aromatic carbocycles. The molecule has 1 aromatic heterocycles. The van der Waals surface area contributed by atoms with E-state index in [0.717, 1.165) is 25.2 Å². The maximum atomic E-state index is 11.4. The standard InChI is InChI=1S/C16H25NOS/c1-3-13(2)17(12-18)15-7-4-6-14(9-10-15)16-8-5-11-19-16/h5,8,11-15H,3-4,6-7,9-10H2,1-2H3. The van der Waals surface area contributed by atoms with Crippen LogP contribution in [0.15, 0.2) is 17.5 Å². The van der Waals surface area contributed by atoms with Crippen LogP contribution in [-0.4, -0.2) is 23.4 Å². The van der Waals surface area contributed by atoms with Gasteiger partial charge in [0.05, 0.1) is 0 Å². The maximum Gasteiger partial charge on any atom is 0.210 e. The van der Waals surface area contributed by atoms with Gasteiger partial charge in [0.15, 0.2) is 0 Å². The molecule has 0 bridgehead atoms. The average molecular weight is 279 g/mol. The van der Waals surface area contributed by atoms with Crippen molar-refractivity contribution in [3.8, 4) is 0 Å². The van der Waals surface area contributed by atoms with Crippen LogP contribution in [0, 0.1) is 0 Å². The minimum absolute atomic E-state index is 0.376. The third-order valence-electron chi connectivity index (χ3n) is 4.53. The molecule has 2 nitrogen and oxygen atoms in total. The summed E-state index contributed by atoms with van der Waals surface area (Å²) in [5.41, 5.74) is 0. The van der Waals surface area contributed by atoms with Crippen LogP contribution in [-0.2, 0) is 4.79 Å². The molecule has 1 fully saturated rings. The van der Waals surface area contributed by atoms with Crippen molar-refractivity contribution in [1.82, 2.24) is 4.90 Å². The Bertz CT molecular complexity index is 376. The molecule has 106 valence electrons. The number of rotatable bonds is 5. The number of carbonyl (C=O) groups excluding carboxylic acids is 1. The Labute approximate surface area is 120 Å². The van der Waals surface area contributed by atoms with E-state index in [4.69, 9.17) is 0 Å². The van der Waals surface area contributed by atoms with Gasteiger partial charge in [0.2, 0.25) is 6.41 Å². The number of nitrogens with zero attached hydrogens (tertiary/aromatic N) is 1. The quantitative estimate of drug-likeness (QED) is 0.577. The summed E-state index contributed by atoms with van der Waals surface area (Å²) in [5, 5.41) is 2.18. The van der Waals surface area contributed by atoms with Crippen LogP contribution in [0.2, 0.25) is 0 Å². The third-order valence-corrected chi connectivity index (χ3v) is 5.56. The van der Waals surface area contributed by atoms with Crippen molar-refractivity contribution in [3.63, 3.8) is 0 Å². The Morgan fingerprint density at radius 2 is 2.26 bits per heavy atom. The van der Waals surface area contributed by atoms with Gasteiger partial charge < -0.3 is 4.90 Å². The fourth-order valence-electron chi connectivity index (χ4n) is 3.15. The molecule has 19 heavy (non-hydrogen) atoms. The van der Waals surface area contributed by atoms with Gasteiger partial charge in [0.1, 0.15) is 0 Å². The monoisotopic (exact) mass is 279 g/mol. The molecule has 0 spiro atoms. The molecule has 1 aromatic rings. The van der Waals surface area contributed by atoms with E-state index >= 15 is 0 Å². The van der Waals surface area contributed by atoms with E-state index in [0.29, 0.717) is 12.1 Å². The summed E-state index contributed by atoms with van der Waals surface area (Å²) in [6.07, 6.45) is 8.20. The van der Waals surface area contributed by atoms with Gasteiger partial charge in [-0.05, 0) is 56.4 Å². The van der Waals surface area contributed by atoms with Crippen LogP contribution >= 0.6 is 11.3 Å². The van der Waals surface area contributed by atoms with Gasteiger partial charge in [-0.15, -0.1) is 11.3 Å². The van der Waals surface area contributed by atoms with Crippen molar-refractivity contribution >= 4 is 17.7 Å². The molecule has 0 N–H and O–H groups in total. The van der Waals surface area contributed by atoms with E-state index in [1.54, 1.807) is 0 Å². The second-order valence-electron chi connectivity index (χ2n) is 5.68. The Morgan fingerprint density at radius 1 is 1.42 bits per heavy atom. The lowest BCUT2D eigenvalue weighted by molar-refractivity contribution is -0.122. The summed E-state index contributed by atoms with van der Waals surface area (Å²) < 4.78 is 0. The summed E-state index contributed by atoms with van der Waals surface area (Å²) in [4.78, 5) is 15.0. The molecule has 0 saturated heterocycles. The first-order valence-electron chi connectivity index (χ1n) is 7.52. The van der Waals surface area contributed by atoms with Crippen molar-refractivity contribution in [2.24, 2.45) is 0 Å². The first-order chi connectivity index (χ1) is 9.26. The molecular formula is C16H25NOS. The van der Waals surface area contributed by atoms with Gasteiger partial charge >= 0.3 is 0 Å². The smallest absolute Gasteiger partial charge is 0.210 e. The molecule has 1 saturated carbocycles. The number of hydrogen-bond donors (Lipinski definition) is 0. The molecule has 1 aliphatic rings. The molecule has 0 radical (unpaired) electrons. The highest BCUT2D eigenvalue weighted by Gasteiger charge is 2.26. The zero-order valence-corrected chi connectivity index (χ0v) is 12.9. The Morgan fingerprint density at radius 3 is 2.89 bits per heavy atom. The van der Waals surface area contributed by atoms with Gasteiger partial charge in [-0.1, -0.05) is 19.4 Å². The lowest BCUT2D eigenvalue weighted by Gasteiger charge is -2.32. The molecule has 1 amide bonds. The second kappa shape index (κ2) is 7.09. The number of thiophene rings is 1. The summed E-state index contributed by atoms with van der Waals surface area (Å²) in [5.74, 6) is 0.718. The second-order valence-corrected chi connectivity index (χ2v) is 6.66. The lowest BCUT2D eigenvalue weighted by Crippen LogP contribution is -2.40. The summed E-state index contributed by atoms with van der Waals surface area (Å²) >= 11 is 1.88. The molecule has 3 unspecified atom stereocenters. The highest BCUT2D eigenvalue weighted by atomic mass is 32.1. The number of hydrogen-bond acceptors (Lipinski definition) is 2. The lowest BCUT2D eigenvalue weighted by atomic mass is 9.98. The van der Waals surface area contributed by atoms with E-state index in [-0.39, 0.29) is 0 Å². The molecule has 3 heteroatoms. The van der Waals surface area contributed by atoms with Crippen molar-refractivity contribution in [1.29, 1.82) is 0 Å². The van der Waals surface area contributed by atoms with Crippen LogP contribution in [0.1, 0.15) is 63.2 Å². The van der Waals surface area contributed by atoms with E-state index in [1.807, 2.05) is 11.3 Å². The SMILES string of the molecule is CCC(C)N(C=O)C1CCCC(c2cccs2)CC1. The van der Waals surface area contributed by atoms with Crippen molar-refractivity contribution < 1.29 is 4.79 Å². The van der Waals surface area contributed by atoms with Gasteiger partial charge in [0, 0.05) is 17.0 Å². The molecule has 0 aliphatic heterocycles. The normalized spacial score (nSPS) is 25.6. The summed E-state index contributed by atoms with van der Waals surface area (Å²) in [6, 6.07) is 5.25.